The van der Waals surface area contributed by atoms with E-state index in [-0.39, 0.29) is 16.5 Å². The highest BCUT2D eigenvalue weighted by Crippen LogP contribution is 2.24. The van der Waals surface area contributed by atoms with E-state index in [2.05, 4.69) is 10.2 Å². The van der Waals surface area contributed by atoms with Crippen LogP contribution in [0.1, 0.15) is 42.4 Å². The molecular formula is C12H22N4O4S. The number of nitrogens with one attached hydrogen (secondary N) is 1. The van der Waals surface area contributed by atoms with Gasteiger partial charge in [-0.05, 0) is 12.3 Å². The molecule has 1 heterocycles. The van der Waals surface area contributed by atoms with E-state index in [1.165, 1.54) is 4.90 Å². The molecule has 0 saturated carbocycles. The van der Waals surface area contributed by atoms with E-state index in [9.17, 15) is 13.2 Å². The number of hydrogen-bond acceptors (Lipinski definition) is 5. The maximum atomic E-state index is 12.3. The molecule has 0 aliphatic heterocycles. The monoisotopic (exact) mass is 318 g/mol. The molecule has 9 heteroatoms. The SMILES string of the molecule is COCCCN(C)C(=O)c1n[nH]c(C(C)C)c1S(N)(=O)=O. The average molecular weight is 318 g/mol. The predicted octanol–water partition coefficient (Wildman–Crippen LogP) is 0.289. The first kappa shape index (κ1) is 17.6. The van der Waals surface area contributed by atoms with Crippen molar-refractivity contribution in [1.82, 2.24) is 15.1 Å². The number of methoxy groups -OCH3 is 1. The van der Waals surface area contributed by atoms with Gasteiger partial charge in [-0.1, -0.05) is 13.8 Å². The molecule has 0 aliphatic carbocycles. The zero-order valence-electron chi connectivity index (χ0n) is 12.7. The summed E-state index contributed by atoms with van der Waals surface area (Å²) < 4.78 is 28.4. The fraction of sp³-hybridized carbons (Fsp3) is 0.667. The summed E-state index contributed by atoms with van der Waals surface area (Å²) in [7, 11) is -0.884. The second-order valence-electron chi connectivity index (χ2n) is 5.09. The van der Waals surface area contributed by atoms with E-state index in [0.717, 1.165) is 0 Å². The Balaban J connectivity index is 3.11. The Kier molecular flexibility index (Phi) is 5.87. The Morgan fingerprint density at radius 3 is 2.57 bits per heavy atom. The van der Waals surface area contributed by atoms with Gasteiger partial charge in [0.25, 0.3) is 5.91 Å². The van der Waals surface area contributed by atoms with Crippen molar-refractivity contribution in [3.8, 4) is 0 Å². The van der Waals surface area contributed by atoms with Crippen LogP contribution in [0.2, 0.25) is 0 Å². The fourth-order valence-corrected chi connectivity index (χ4v) is 2.89. The third kappa shape index (κ3) is 4.26. The maximum Gasteiger partial charge on any atom is 0.275 e. The van der Waals surface area contributed by atoms with Gasteiger partial charge in [0.2, 0.25) is 10.0 Å². The summed E-state index contributed by atoms with van der Waals surface area (Å²) in [4.78, 5) is 13.5. The normalized spacial score (nSPS) is 11.9. The Morgan fingerprint density at radius 1 is 1.48 bits per heavy atom. The number of hydrogen-bond donors (Lipinski definition) is 2. The van der Waals surface area contributed by atoms with Gasteiger partial charge in [-0.25, -0.2) is 13.6 Å². The second kappa shape index (κ2) is 7.01. The first-order chi connectivity index (χ1) is 9.70. The number of sulfonamides is 1. The standard InChI is InChI=1S/C12H22N4O4S/c1-8(2)9-11(21(13,18)19)10(15-14-9)12(17)16(3)6-5-7-20-4/h8H,5-7H2,1-4H3,(H,14,15)(H2,13,18,19). The number of rotatable bonds is 7. The molecule has 1 aromatic rings. The van der Waals surface area contributed by atoms with Crippen LogP contribution in [-0.2, 0) is 14.8 Å². The van der Waals surface area contributed by atoms with E-state index in [0.29, 0.717) is 25.3 Å². The molecule has 0 saturated heterocycles. The molecule has 1 amide bonds. The smallest absolute Gasteiger partial charge is 0.275 e. The van der Waals surface area contributed by atoms with Crippen molar-refractivity contribution < 1.29 is 17.9 Å². The number of ether oxygens (including phenoxy) is 1. The van der Waals surface area contributed by atoms with Crippen molar-refractivity contribution in [3.63, 3.8) is 0 Å². The Morgan fingerprint density at radius 2 is 2.10 bits per heavy atom. The lowest BCUT2D eigenvalue weighted by Gasteiger charge is -2.16. The highest BCUT2D eigenvalue weighted by molar-refractivity contribution is 7.89. The molecule has 0 aromatic carbocycles. The summed E-state index contributed by atoms with van der Waals surface area (Å²) in [6, 6.07) is 0. The molecule has 1 aromatic heterocycles. The fourth-order valence-electron chi connectivity index (χ4n) is 1.90. The van der Waals surface area contributed by atoms with Crippen molar-refractivity contribution in [3.05, 3.63) is 11.4 Å². The number of nitrogens with two attached hydrogens (primary N) is 1. The van der Waals surface area contributed by atoms with Crippen LogP contribution >= 0.6 is 0 Å². The highest BCUT2D eigenvalue weighted by atomic mass is 32.2. The van der Waals surface area contributed by atoms with Crippen LogP contribution in [0, 0.1) is 0 Å². The van der Waals surface area contributed by atoms with Crippen LogP contribution in [-0.4, -0.2) is 56.7 Å². The Bertz CT molecular complexity index is 594. The first-order valence-corrected chi connectivity index (χ1v) is 8.10. The number of primary sulfonamides is 1. The number of aromatic nitrogens is 2. The van der Waals surface area contributed by atoms with Crippen LogP contribution in [0.15, 0.2) is 4.90 Å². The van der Waals surface area contributed by atoms with E-state index < -0.39 is 15.9 Å². The molecule has 0 atom stereocenters. The Labute approximate surface area is 124 Å². The molecule has 0 bridgehead atoms. The van der Waals surface area contributed by atoms with Crippen LogP contribution in [0.4, 0.5) is 0 Å². The van der Waals surface area contributed by atoms with Crippen molar-refractivity contribution >= 4 is 15.9 Å². The zero-order valence-corrected chi connectivity index (χ0v) is 13.5. The van der Waals surface area contributed by atoms with Gasteiger partial charge < -0.3 is 9.64 Å². The number of nitrogens with zero attached hydrogens (tertiary/aromatic N) is 2. The third-order valence-corrected chi connectivity index (χ3v) is 3.98. The minimum atomic E-state index is -4.04. The summed E-state index contributed by atoms with van der Waals surface area (Å²) in [6.07, 6.45) is 0.644. The largest absolute Gasteiger partial charge is 0.385 e. The lowest BCUT2D eigenvalue weighted by molar-refractivity contribution is 0.0769. The van der Waals surface area contributed by atoms with Gasteiger partial charge in [0.15, 0.2) is 5.69 Å². The number of carbonyl (C=O) groups excluding carboxylic acids is 1. The molecule has 0 radical (unpaired) electrons. The molecule has 0 unspecified atom stereocenters. The van der Waals surface area contributed by atoms with Gasteiger partial charge in [-0.2, -0.15) is 5.10 Å². The molecule has 3 N–H and O–H groups in total. The molecule has 0 fully saturated rings. The topological polar surface area (TPSA) is 118 Å². The second-order valence-corrected chi connectivity index (χ2v) is 6.59. The zero-order chi connectivity index (χ0) is 16.2. The predicted molar refractivity (Wildman–Crippen MR) is 77.5 cm³/mol. The number of aromatic amines is 1. The van der Waals surface area contributed by atoms with Crippen molar-refractivity contribution in [2.75, 3.05) is 27.3 Å². The first-order valence-electron chi connectivity index (χ1n) is 6.55. The summed E-state index contributed by atoms with van der Waals surface area (Å²) in [5.74, 6) is -0.635. The van der Waals surface area contributed by atoms with Crippen molar-refractivity contribution in [2.45, 2.75) is 31.1 Å². The van der Waals surface area contributed by atoms with E-state index in [4.69, 9.17) is 9.88 Å². The molecule has 0 aliphatic rings. The van der Waals surface area contributed by atoms with Gasteiger partial charge in [0.05, 0.1) is 5.69 Å². The van der Waals surface area contributed by atoms with Crippen LogP contribution in [0.3, 0.4) is 0 Å². The minimum Gasteiger partial charge on any atom is -0.385 e. The minimum absolute atomic E-state index is 0.147. The van der Waals surface area contributed by atoms with E-state index >= 15 is 0 Å². The molecular weight excluding hydrogens is 296 g/mol. The number of H-pyrrole nitrogens is 1. The maximum absolute atomic E-state index is 12.3. The van der Waals surface area contributed by atoms with Gasteiger partial charge in [-0.15, -0.1) is 0 Å². The van der Waals surface area contributed by atoms with Crippen molar-refractivity contribution in [1.29, 1.82) is 0 Å². The lowest BCUT2D eigenvalue weighted by atomic mass is 10.1. The molecule has 8 nitrogen and oxygen atoms in total. The highest BCUT2D eigenvalue weighted by Gasteiger charge is 2.30. The quantitative estimate of drug-likeness (QED) is 0.700. The van der Waals surface area contributed by atoms with Gasteiger partial charge >= 0.3 is 0 Å². The van der Waals surface area contributed by atoms with Crippen LogP contribution in [0.5, 0.6) is 0 Å². The van der Waals surface area contributed by atoms with Crippen LogP contribution in [0.25, 0.3) is 0 Å². The number of amides is 1. The Hall–Kier alpha value is -1.45. The molecule has 1 rings (SSSR count). The van der Waals surface area contributed by atoms with Crippen molar-refractivity contribution in [2.24, 2.45) is 5.14 Å². The third-order valence-electron chi connectivity index (χ3n) is 3.00. The molecule has 21 heavy (non-hydrogen) atoms. The number of carbonyl (C=O) groups is 1. The molecule has 0 spiro atoms. The summed E-state index contributed by atoms with van der Waals surface area (Å²) in [5.41, 5.74) is 0.173. The van der Waals surface area contributed by atoms with E-state index in [1.807, 2.05) is 0 Å². The van der Waals surface area contributed by atoms with Gasteiger partial charge in [0, 0.05) is 27.3 Å². The lowest BCUT2D eigenvalue weighted by Crippen LogP contribution is -2.30. The summed E-state index contributed by atoms with van der Waals surface area (Å²) in [5, 5.41) is 11.7. The van der Waals surface area contributed by atoms with E-state index in [1.54, 1.807) is 28.0 Å². The summed E-state index contributed by atoms with van der Waals surface area (Å²) >= 11 is 0. The van der Waals surface area contributed by atoms with Gasteiger partial charge in [-0.3, -0.25) is 9.89 Å². The van der Waals surface area contributed by atoms with Gasteiger partial charge in [0.1, 0.15) is 4.90 Å². The average Bonchev–Trinajstić information content (AvgIpc) is 2.82. The summed E-state index contributed by atoms with van der Waals surface area (Å²) in [6.45, 7) is 4.52. The van der Waals surface area contributed by atoms with Crippen LogP contribution < -0.4 is 5.14 Å². The molecule has 120 valence electrons.